The number of hydrogen-bond donors (Lipinski definition) is 0. The predicted octanol–water partition coefficient (Wildman–Crippen LogP) is 2.78. The number of furan rings is 1. The maximum absolute atomic E-state index is 12.5. The number of hydrogen-bond acceptors (Lipinski definition) is 2. The monoisotopic (exact) mass is 245 g/mol. The van der Waals surface area contributed by atoms with E-state index in [4.69, 9.17) is 4.42 Å². The van der Waals surface area contributed by atoms with Crippen LogP contribution in [0.2, 0.25) is 0 Å². The number of rotatable bonds is 1. The lowest BCUT2D eigenvalue weighted by molar-refractivity contribution is 0.0700. The van der Waals surface area contributed by atoms with Crippen LogP contribution in [0.15, 0.2) is 10.7 Å². The second-order valence-corrected chi connectivity index (χ2v) is 6.25. The Kier molecular flexibility index (Phi) is 2.14. The molecule has 0 N–H and O–H groups in total. The molecular weight excluding hydrogens is 226 g/mol. The van der Waals surface area contributed by atoms with Crippen LogP contribution in [0.5, 0.6) is 0 Å². The molecule has 3 heteroatoms. The number of fused-ring (bicyclic) bond motifs is 1. The van der Waals surface area contributed by atoms with Gasteiger partial charge in [-0.05, 0) is 49.5 Å². The summed E-state index contributed by atoms with van der Waals surface area (Å²) >= 11 is 0. The Hall–Kier alpha value is -1.25. The Balaban J connectivity index is 1.56. The summed E-state index contributed by atoms with van der Waals surface area (Å²) in [5.74, 6) is 0.779. The second-order valence-electron chi connectivity index (χ2n) is 6.25. The van der Waals surface area contributed by atoms with Crippen molar-refractivity contribution in [3.05, 3.63) is 23.2 Å². The normalized spacial score (nSPS) is 24.3. The number of carbonyl (C=O) groups is 1. The van der Waals surface area contributed by atoms with Gasteiger partial charge in [0.25, 0.3) is 5.91 Å². The van der Waals surface area contributed by atoms with Gasteiger partial charge in [0.05, 0.1) is 6.26 Å². The van der Waals surface area contributed by atoms with Crippen LogP contribution in [-0.2, 0) is 12.8 Å². The summed E-state index contributed by atoms with van der Waals surface area (Å²) < 4.78 is 5.54. The van der Waals surface area contributed by atoms with Crippen LogP contribution >= 0.6 is 0 Å². The van der Waals surface area contributed by atoms with Gasteiger partial charge in [0.1, 0.15) is 0 Å². The smallest absolute Gasteiger partial charge is 0.289 e. The first-order valence-corrected chi connectivity index (χ1v) is 7.16. The molecule has 1 aliphatic heterocycles. The highest BCUT2D eigenvalue weighted by molar-refractivity contribution is 5.93. The highest BCUT2D eigenvalue weighted by Gasteiger charge is 2.45. The molecule has 4 rings (SSSR count). The molecule has 0 unspecified atom stereocenters. The van der Waals surface area contributed by atoms with Crippen molar-refractivity contribution in [3.63, 3.8) is 0 Å². The zero-order valence-electron chi connectivity index (χ0n) is 10.7. The van der Waals surface area contributed by atoms with Crippen LogP contribution in [-0.4, -0.2) is 23.9 Å². The highest BCUT2D eigenvalue weighted by atomic mass is 16.3. The Labute approximate surface area is 107 Å². The molecule has 0 bridgehead atoms. The summed E-state index contributed by atoms with van der Waals surface area (Å²) in [6.45, 7) is 1.88. The lowest BCUT2D eigenvalue weighted by atomic mass is 9.68. The van der Waals surface area contributed by atoms with Crippen LogP contribution in [0.1, 0.15) is 53.8 Å². The van der Waals surface area contributed by atoms with Crippen molar-refractivity contribution >= 4 is 5.91 Å². The molecule has 2 fully saturated rings. The molecule has 96 valence electrons. The van der Waals surface area contributed by atoms with Crippen molar-refractivity contribution in [2.45, 2.75) is 44.9 Å². The summed E-state index contributed by atoms with van der Waals surface area (Å²) in [5, 5.41) is 0. The molecule has 1 amide bonds. The molecule has 3 aliphatic rings. The molecule has 1 aromatic heterocycles. The summed E-state index contributed by atoms with van der Waals surface area (Å²) in [6, 6.07) is 0. The van der Waals surface area contributed by atoms with Crippen molar-refractivity contribution in [2.75, 3.05) is 13.1 Å². The van der Waals surface area contributed by atoms with E-state index in [9.17, 15) is 4.79 Å². The van der Waals surface area contributed by atoms with Crippen LogP contribution in [0.3, 0.4) is 0 Å². The quantitative estimate of drug-likeness (QED) is 0.762. The van der Waals surface area contributed by atoms with Gasteiger partial charge in [0.15, 0.2) is 5.76 Å². The Morgan fingerprint density at radius 2 is 2.11 bits per heavy atom. The fourth-order valence-corrected chi connectivity index (χ4v) is 3.87. The average Bonchev–Trinajstić information content (AvgIpc) is 3.01. The van der Waals surface area contributed by atoms with E-state index in [0.717, 1.165) is 25.9 Å². The van der Waals surface area contributed by atoms with Gasteiger partial charge >= 0.3 is 0 Å². The Bertz CT molecular complexity index is 499. The maximum Gasteiger partial charge on any atom is 0.289 e. The molecule has 1 aromatic rings. The van der Waals surface area contributed by atoms with Gasteiger partial charge in [-0.25, -0.2) is 0 Å². The van der Waals surface area contributed by atoms with Gasteiger partial charge in [0, 0.05) is 18.7 Å². The van der Waals surface area contributed by atoms with Crippen LogP contribution < -0.4 is 0 Å². The SMILES string of the molecule is O=C(c1occ2c1CCC2)N1CCC2(CCC2)C1. The molecule has 0 radical (unpaired) electrons. The predicted molar refractivity (Wildman–Crippen MR) is 67.5 cm³/mol. The summed E-state index contributed by atoms with van der Waals surface area (Å²) in [5.41, 5.74) is 2.93. The molecule has 1 saturated heterocycles. The van der Waals surface area contributed by atoms with E-state index in [1.165, 1.54) is 43.2 Å². The molecule has 18 heavy (non-hydrogen) atoms. The van der Waals surface area contributed by atoms with E-state index >= 15 is 0 Å². The minimum atomic E-state index is 0.141. The minimum Gasteiger partial charge on any atom is -0.459 e. The third-order valence-corrected chi connectivity index (χ3v) is 5.19. The largest absolute Gasteiger partial charge is 0.459 e. The first kappa shape index (κ1) is 10.7. The number of amides is 1. The first-order valence-electron chi connectivity index (χ1n) is 7.16. The molecule has 0 atom stereocenters. The van der Waals surface area contributed by atoms with E-state index in [1.54, 1.807) is 6.26 Å². The van der Waals surface area contributed by atoms with Gasteiger partial charge in [0.2, 0.25) is 0 Å². The van der Waals surface area contributed by atoms with Crippen molar-refractivity contribution in [3.8, 4) is 0 Å². The molecule has 2 aliphatic carbocycles. The summed E-state index contributed by atoms with van der Waals surface area (Å²) in [6.07, 6.45) is 10.2. The van der Waals surface area contributed by atoms with E-state index in [1.807, 2.05) is 4.90 Å². The van der Waals surface area contributed by atoms with Gasteiger partial charge in [-0.2, -0.15) is 0 Å². The zero-order chi connectivity index (χ0) is 12.2. The number of likely N-dealkylation sites (tertiary alicyclic amines) is 1. The van der Waals surface area contributed by atoms with Crippen molar-refractivity contribution < 1.29 is 9.21 Å². The third kappa shape index (κ3) is 1.39. The van der Waals surface area contributed by atoms with Gasteiger partial charge in [-0.3, -0.25) is 4.79 Å². The molecule has 0 aromatic carbocycles. The van der Waals surface area contributed by atoms with E-state index in [0.29, 0.717) is 11.2 Å². The Morgan fingerprint density at radius 1 is 1.22 bits per heavy atom. The summed E-state index contributed by atoms with van der Waals surface area (Å²) in [4.78, 5) is 14.6. The average molecular weight is 245 g/mol. The van der Waals surface area contributed by atoms with Crippen LogP contribution in [0.25, 0.3) is 0 Å². The van der Waals surface area contributed by atoms with Crippen molar-refractivity contribution in [2.24, 2.45) is 5.41 Å². The maximum atomic E-state index is 12.5. The Morgan fingerprint density at radius 3 is 2.83 bits per heavy atom. The fraction of sp³-hybridized carbons (Fsp3) is 0.667. The molecule has 1 spiro atoms. The number of nitrogens with zero attached hydrogens (tertiary/aromatic N) is 1. The van der Waals surface area contributed by atoms with Crippen LogP contribution in [0.4, 0.5) is 0 Å². The van der Waals surface area contributed by atoms with Crippen LogP contribution in [0, 0.1) is 5.41 Å². The van der Waals surface area contributed by atoms with Gasteiger partial charge in [-0.1, -0.05) is 6.42 Å². The lowest BCUT2D eigenvalue weighted by Gasteiger charge is -2.37. The van der Waals surface area contributed by atoms with Gasteiger partial charge in [-0.15, -0.1) is 0 Å². The fourth-order valence-electron chi connectivity index (χ4n) is 3.87. The lowest BCUT2D eigenvalue weighted by Crippen LogP contribution is -2.35. The minimum absolute atomic E-state index is 0.141. The third-order valence-electron chi connectivity index (χ3n) is 5.19. The van der Waals surface area contributed by atoms with E-state index in [-0.39, 0.29) is 5.91 Å². The van der Waals surface area contributed by atoms with Gasteiger partial charge < -0.3 is 9.32 Å². The standard InChI is InChI=1S/C15H19NO2/c17-14(13-12-4-1-3-11(12)9-18-13)16-8-7-15(10-16)5-2-6-15/h9H,1-8,10H2. The molecule has 1 saturated carbocycles. The molecule has 3 nitrogen and oxygen atoms in total. The van der Waals surface area contributed by atoms with Crippen molar-refractivity contribution in [1.29, 1.82) is 0 Å². The molecule has 2 heterocycles. The number of aryl methyl sites for hydroxylation is 1. The van der Waals surface area contributed by atoms with E-state index < -0.39 is 0 Å². The molecular formula is C15H19NO2. The van der Waals surface area contributed by atoms with Crippen molar-refractivity contribution in [1.82, 2.24) is 4.90 Å². The highest BCUT2D eigenvalue weighted by Crippen LogP contribution is 2.48. The zero-order valence-corrected chi connectivity index (χ0v) is 10.7. The second kappa shape index (κ2) is 3.62. The topological polar surface area (TPSA) is 33.5 Å². The van der Waals surface area contributed by atoms with E-state index in [2.05, 4.69) is 0 Å². The summed E-state index contributed by atoms with van der Waals surface area (Å²) in [7, 11) is 0. The first-order chi connectivity index (χ1) is 8.77. The number of carbonyl (C=O) groups excluding carboxylic acids is 1.